The number of rotatable bonds is 3. The Morgan fingerprint density at radius 3 is 2.61 bits per heavy atom. The second-order valence-electron chi connectivity index (χ2n) is 3.25. The number of hydrogen-bond donors (Lipinski definition) is 0. The van der Waals surface area contributed by atoms with Crippen LogP contribution in [-0.4, -0.2) is 23.1 Å². The fourth-order valence-electron chi connectivity index (χ4n) is 1.25. The molecule has 1 nitrogen and oxygen atoms in total. The van der Waals surface area contributed by atoms with Gasteiger partial charge in [-0.3, -0.25) is 0 Å². The molecule has 0 aliphatic carbocycles. The number of benzene rings is 2. The maximum atomic E-state index is 13.1. The minimum atomic E-state index is -0.476. The molecule has 0 amide bonds. The maximum absolute atomic E-state index is 13.1. The molecule has 2 aromatic rings. The van der Waals surface area contributed by atoms with Crippen molar-refractivity contribution in [3.05, 3.63) is 64.9 Å². The van der Waals surface area contributed by atoms with E-state index < -0.39 is 5.82 Å². The summed E-state index contributed by atoms with van der Waals surface area (Å²) >= 11 is 5.56. The third-order valence-corrected chi connectivity index (χ3v) is 2.37. The van der Waals surface area contributed by atoms with E-state index in [-0.39, 0.29) is 45.1 Å². The van der Waals surface area contributed by atoms with Gasteiger partial charge in [0.2, 0.25) is 0 Å². The topological polar surface area (TPSA) is 9.23 Å². The van der Waals surface area contributed by atoms with Crippen LogP contribution in [0.3, 0.4) is 0 Å². The molecule has 0 saturated carbocycles. The third kappa shape index (κ3) is 5.14. The predicted molar refractivity (Wildman–Crippen MR) is 66.8 cm³/mol. The molecule has 0 bridgehead atoms. The molecular weight excluding hydrogens is 331 g/mol. The Labute approximate surface area is 137 Å². The summed E-state index contributed by atoms with van der Waals surface area (Å²) in [5.74, 6) is -0.0182. The van der Waals surface area contributed by atoms with E-state index in [0.29, 0.717) is 12.4 Å². The Kier molecular flexibility index (Phi) is 8.60. The van der Waals surface area contributed by atoms with Gasteiger partial charge in [-0.15, -0.1) is 5.56 Å². The molecule has 0 heterocycles. The Morgan fingerprint density at radius 2 is 2.00 bits per heavy atom. The van der Waals surface area contributed by atoms with Gasteiger partial charge < -0.3 is 21.7 Å². The van der Waals surface area contributed by atoms with Crippen LogP contribution in [0.2, 0.25) is 5.02 Å². The zero-order chi connectivity index (χ0) is 11.4. The first-order valence-corrected chi connectivity index (χ1v) is 5.17. The molecular formula is C13H9BrClFMgO. The zero-order valence-corrected chi connectivity index (χ0v) is 13.3. The molecule has 0 unspecified atom stereocenters. The van der Waals surface area contributed by atoms with Crippen LogP contribution in [0.5, 0.6) is 5.75 Å². The molecule has 0 N–H and O–H groups in total. The summed E-state index contributed by atoms with van der Waals surface area (Å²) in [4.78, 5) is 0. The van der Waals surface area contributed by atoms with E-state index in [9.17, 15) is 4.39 Å². The van der Waals surface area contributed by atoms with Gasteiger partial charge in [-0.25, -0.2) is 4.39 Å². The van der Waals surface area contributed by atoms with Crippen LogP contribution in [0.15, 0.2) is 42.5 Å². The zero-order valence-electron chi connectivity index (χ0n) is 9.50. The fraction of sp³-hybridized carbons (Fsp3) is 0.0769. The normalized spacial score (nSPS) is 9.00. The maximum Gasteiger partial charge on any atom is 2.00 e. The van der Waals surface area contributed by atoms with E-state index in [1.807, 2.05) is 18.2 Å². The minimum Gasteiger partial charge on any atom is -1.00 e. The van der Waals surface area contributed by atoms with Crippen LogP contribution >= 0.6 is 11.6 Å². The van der Waals surface area contributed by atoms with Gasteiger partial charge in [-0.1, -0.05) is 11.6 Å². The van der Waals surface area contributed by atoms with E-state index >= 15 is 0 Å². The molecule has 0 saturated heterocycles. The van der Waals surface area contributed by atoms with Crippen molar-refractivity contribution in [1.29, 1.82) is 0 Å². The summed E-state index contributed by atoms with van der Waals surface area (Å²) in [7, 11) is 0. The Bertz CT molecular complexity index is 482. The summed E-state index contributed by atoms with van der Waals surface area (Å²) in [6.07, 6.45) is 0. The van der Waals surface area contributed by atoms with Gasteiger partial charge >= 0.3 is 23.1 Å². The molecule has 0 fully saturated rings. The van der Waals surface area contributed by atoms with Crippen LogP contribution in [-0.2, 0) is 6.61 Å². The molecule has 0 radical (unpaired) electrons. The molecule has 18 heavy (non-hydrogen) atoms. The first-order valence-electron chi connectivity index (χ1n) is 4.79. The van der Waals surface area contributed by atoms with Gasteiger partial charge in [-0.05, 0) is 12.1 Å². The summed E-state index contributed by atoms with van der Waals surface area (Å²) in [6.45, 7) is 0.363. The van der Waals surface area contributed by atoms with Crippen molar-refractivity contribution in [2.24, 2.45) is 0 Å². The molecule has 90 valence electrons. The van der Waals surface area contributed by atoms with E-state index in [4.69, 9.17) is 16.3 Å². The van der Waals surface area contributed by atoms with Crippen molar-refractivity contribution < 1.29 is 26.1 Å². The van der Waals surface area contributed by atoms with Crippen molar-refractivity contribution >= 4 is 34.7 Å². The molecule has 5 heteroatoms. The van der Waals surface area contributed by atoms with Crippen LogP contribution in [0.1, 0.15) is 5.56 Å². The fourth-order valence-corrected chi connectivity index (χ4v) is 1.37. The van der Waals surface area contributed by atoms with Crippen molar-refractivity contribution in [2.75, 3.05) is 0 Å². The molecule has 2 aromatic carbocycles. The van der Waals surface area contributed by atoms with Gasteiger partial charge in [0.15, 0.2) is 0 Å². The quantitative estimate of drug-likeness (QED) is 0.584. The van der Waals surface area contributed by atoms with E-state index in [0.717, 1.165) is 5.56 Å². The van der Waals surface area contributed by atoms with Crippen molar-refractivity contribution in [2.45, 2.75) is 6.61 Å². The Balaban J connectivity index is 0.00000144. The second kappa shape index (κ2) is 8.75. The first kappa shape index (κ1) is 17.7. The van der Waals surface area contributed by atoms with E-state index in [1.54, 1.807) is 12.1 Å². The van der Waals surface area contributed by atoms with Gasteiger partial charge in [0, 0.05) is 6.07 Å². The monoisotopic (exact) mass is 338 g/mol. The first-order chi connectivity index (χ1) is 7.75. The molecule has 0 aromatic heterocycles. The van der Waals surface area contributed by atoms with Gasteiger partial charge in [0.05, 0.1) is 11.6 Å². The summed E-state index contributed by atoms with van der Waals surface area (Å²) in [5.41, 5.74) is 0.915. The number of ether oxygens (including phenoxy) is 1. The van der Waals surface area contributed by atoms with Crippen molar-refractivity contribution in [3.63, 3.8) is 0 Å². The summed E-state index contributed by atoms with van der Waals surface area (Å²) in [5, 5.41) is 0.0959. The van der Waals surface area contributed by atoms with Crippen LogP contribution in [0, 0.1) is 11.9 Å². The minimum absolute atomic E-state index is 0. The molecule has 0 aliphatic heterocycles. The van der Waals surface area contributed by atoms with Crippen molar-refractivity contribution in [1.82, 2.24) is 0 Å². The van der Waals surface area contributed by atoms with Crippen LogP contribution < -0.4 is 21.7 Å². The van der Waals surface area contributed by atoms with Gasteiger partial charge in [0.1, 0.15) is 11.6 Å². The summed E-state index contributed by atoms with van der Waals surface area (Å²) < 4.78 is 18.5. The van der Waals surface area contributed by atoms with Crippen molar-refractivity contribution in [3.8, 4) is 5.75 Å². The number of halogens is 3. The summed E-state index contributed by atoms with van der Waals surface area (Å²) in [6, 6.07) is 14.9. The average Bonchev–Trinajstić information content (AvgIpc) is 2.32. The number of hydrogen-bond acceptors (Lipinski definition) is 1. The van der Waals surface area contributed by atoms with Crippen LogP contribution in [0.25, 0.3) is 0 Å². The smallest absolute Gasteiger partial charge is 1.00 e. The van der Waals surface area contributed by atoms with E-state index in [2.05, 4.69) is 6.07 Å². The third-order valence-electron chi connectivity index (χ3n) is 2.06. The van der Waals surface area contributed by atoms with Crippen LogP contribution in [0.4, 0.5) is 4.39 Å². The largest absolute Gasteiger partial charge is 2.00 e. The standard InChI is InChI=1S/C13H9ClFO.BrH.Mg/c14-12-7-6-11(8-13(12)15)16-9-10-4-2-1-3-5-10;;/h1-4,6-8H,9H2;1H;/q-1;;+2/p-1. The SMILES string of the molecule is Fc1cc(OCc2[c-]cccc2)ccc1Cl.[Br-].[Mg+2]. The average molecular weight is 340 g/mol. The second-order valence-corrected chi connectivity index (χ2v) is 3.66. The molecule has 0 aliphatic rings. The predicted octanol–water partition coefficient (Wildman–Crippen LogP) is 0.481. The molecule has 0 spiro atoms. The Morgan fingerprint density at radius 1 is 1.22 bits per heavy atom. The molecule has 0 atom stereocenters. The molecule has 2 rings (SSSR count). The van der Waals surface area contributed by atoms with Gasteiger partial charge in [-0.2, -0.15) is 30.3 Å². The van der Waals surface area contributed by atoms with E-state index in [1.165, 1.54) is 12.1 Å². The Hall–Kier alpha value is -0.294. The van der Waals surface area contributed by atoms with Gasteiger partial charge in [0.25, 0.3) is 0 Å².